The van der Waals surface area contributed by atoms with Gasteiger partial charge in [0.05, 0.1) is 11.7 Å². The molecule has 3 rings (SSSR count). The molecule has 1 aliphatic heterocycles. The highest BCUT2D eigenvalue weighted by atomic mass is 15.2. The van der Waals surface area contributed by atoms with E-state index in [-0.39, 0.29) is 0 Å². The van der Waals surface area contributed by atoms with Crippen LogP contribution in [-0.4, -0.2) is 36.9 Å². The van der Waals surface area contributed by atoms with E-state index in [2.05, 4.69) is 16.0 Å². The summed E-state index contributed by atoms with van der Waals surface area (Å²) in [5.41, 5.74) is 13.2. The third-order valence-corrected chi connectivity index (χ3v) is 4.84. The first-order valence-electron chi connectivity index (χ1n) is 8.67. The predicted molar refractivity (Wildman–Crippen MR) is 96.5 cm³/mol. The van der Waals surface area contributed by atoms with Crippen LogP contribution in [0.1, 0.15) is 37.8 Å². The van der Waals surface area contributed by atoms with Crippen LogP contribution >= 0.6 is 0 Å². The van der Waals surface area contributed by atoms with Crippen molar-refractivity contribution in [3.8, 4) is 0 Å². The Morgan fingerprint density at radius 3 is 2.83 bits per heavy atom. The van der Waals surface area contributed by atoms with Crippen molar-refractivity contribution in [3.05, 3.63) is 30.1 Å². The number of hydrogen-bond donors (Lipinski definition) is 2. The van der Waals surface area contributed by atoms with Gasteiger partial charge in [-0.25, -0.2) is 4.98 Å². The van der Waals surface area contributed by atoms with E-state index in [4.69, 9.17) is 16.5 Å². The molecule has 0 atom stereocenters. The Bertz CT molecular complexity index is 571. The lowest BCUT2D eigenvalue weighted by Crippen LogP contribution is -2.37. The molecule has 1 aromatic heterocycles. The molecule has 0 spiro atoms. The van der Waals surface area contributed by atoms with E-state index < -0.39 is 0 Å². The van der Waals surface area contributed by atoms with Gasteiger partial charge in [-0.2, -0.15) is 0 Å². The monoisotopic (exact) mass is 313 g/mol. The van der Waals surface area contributed by atoms with Gasteiger partial charge in [0.15, 0.2) is 0 Å². The molecule has 0 unspecified atom stereocenters. The van der Waals surface area contributed by atoms with Crippen molar-refractivity contribution in [1.82, 2.24) is 4.98 Å². The highest BCUT2D eigenvalue weighted by molar-refractivity contribution is 6.09. The van der Waals surface area contributed by atoms with Gasteiger partial charge in [0.2, 0.25) is 0 Å². The number of rotatable bonds is 7. The lowest BCUT2D eigenvalue weighted by atomic mass is 9.78. The normalized spacial score (nSPS) is 24.6. The molecule has 1 saturated heterocycles. The minimum atomic E-state index is 0.436. The first-order chi connectivity index (χ1) is 11.3. The summed E-state index contributed by atoms with van der Waals surface area (Å²) in [7, 11) is 0. The van der Waals surface area contributed by atoms with E-state index in [9.17, 15) is 0 Å². The van der Waals surface area contributed by atoms with Gasteiger partial charge in [0.25, 0.3) is 0 Å². The molecule has 1 aliphatic carbocycles. The summed E-state index contributed by atoms with van der Waals surface area (Å²) in [6.07, 6.45) is 9.47. The van der Waals surface area contributed by atoms with Gasteiger partial charge >= 0.3 is 0 Å². The van der Waals surface area contributed by atoms with E-state index in [1.54, 1.807) is 6.20 Å². The molecule has 2 aliphatic rings. The Hall–Kier alpha value is -1.88. The molecule has 1 saturated carbocycles. The van der Waals surface area contributed by atoms with E-state index in [0.717, 1.165) is 49.1 Å². The van der Waals surface area contributed by atoms with E-state index >= 15 is 0 Å². The van der Waals surface area contributed by atoms with Crippen LogP contribution in [0.2, 0.25) is 0 Å². The predicted octanol–water partition coefficient (Wildman–Crippen LogP) is 2.18. The molecule has 2 fully saturated rings. The lowest BCUT2D eigenvalue weighted by Gasteiger charge is -2.32. The maximum atomic E-state index is 5.80. The average molecular weight is 313 g/mol. The number of aromatic nitrogens is 1. The second kappa shape index (κ2) is 7.59. The first kappa shape index (κ1) is 16.0. The zero-order valence-corrected chi connectivity index (χ0v) is 13.7. The van der Waals surface area contributed by atoms with Crippen LogP contribution in [0.5, 0.6) is 0 Å². The second-order valence-corrected chi connectivity index (χ2v) is 6.54. The third-order valence-electron chi connectivity index (χ3n) is 4.84. The van der Waals surface area contributed by atoms with Gasteiger partial charge in [0.1, 0.15) is 5.82 Å². The Kier molecular flexibility index (Phi) is 5.28. The summed E-state index contributed by atoms with van der Waals surface area (Å²) in [6.45, 7) is 2.99. The topological polar surface area (TPSA) is 80.5 Å². The third kappa shape index (κ3) is 3.91. The average Bonchev–Trinajstić information content (AvgIpc) is 2.47. The fraction of sp³-hybridized carbons (Fsp3) is 0.556. The molecule has 5 nitrogen and oxygen atoms in total. The highest BCUT2D eigenvalue weighted by Crippen LogP contribution is 2.33. The lowest BCUT2D eigenvalue weighted by molar-refractivity contribution is 0.249. The van der Waals surface area contributed by atoms with Gasteiger partial charge in [-0.15, -0.1) is 0 Å². The Labute approximate surface area is 138 Å². The van der Waals surface area contributed by atoms with E-state index in [1.807, 2.05) is 18.3 Å². The van der Waals surface area contributed by atoms with Crippen molar-refractivity contribution in [1.29, 1.82) is 0 Å². The Morgan fingerprint density at radius 1 is 1.35 bits per heavy atom. The molecule has 4 N–H and O–H groups in total. The quantitative estimate of drug-likeness (QED) is 0.756. The number of allylic oxidation sites excluding steroid dienone is 1. The molecular weight excluding hydrogens is 286 g/mol. The fourth-order valence-electron chi connectivity index (χ4n) is 3.15. The van der Waals surface area contributed by atoms with E-state index in [1.165, 1.54) is 25.7 Å². The summed E-state index contributed by atoms with van der Waals surface area (Å²) < 4.78 is 0. The van der Waals surface area contributed by atoms with Crippen molar-refractivity contribution >= 4 is 17.6 Å². The van der Waals surface area contributed by atoms with Crippen LogP contribution in [0, 0.1) is 5.92 Å². The zero-order valence-electron chi connectivity index (χ0n) is 13.7. The van der Waals surface area contributed by atoms with Crippen LogP contribution in [-0.2, 0) is 0 Å². The maximum Gasteiger partial charge on any atom is 0.129 e. The molecule has 5 heteroatoms. The van der Waals surface area contributed by atoms with Gasteiger partial charge in [0, 0.05) is 31.1 Å². The Morgan fingerprint density at radius 2 is 2.17 bits per heavy atom. The minimum absolute atomic E-state index is 0.436. The van der Waals surface area contributed by atoms with Crippen molar-refractivity contribution in [2.24, 2.45) is 22.4 Å². The highest BCUT2D eigenvalue weighted by Gasteiger charge is 2.27. The van der Waals surface area contributed by atoms with Crippen molar-refractivity contribution in [2.75, 3.05) is 24.5 Å². The molecule has 0 amide bonds. The minimum Gasteiger partial charge on any atom is -0.404 e. The molecule has 23 heavy (non-hydrogen) atoms. The number of aliphatic imine (C=N–C) groups is 1. The molecule has 0 radical (unpaired) electrons. The molecule has 1 aromatic rings. The van der Waals surface area contributed by atoms with Gasteiger partial charge in [-0.05, 0) is 56.7 Å². The van der Waals surface area contributed by atoms with Crippen LogP contribution in [0.15, 0.2) is 29.4 Å². The molecule has 0 aromatic carbocycles. The first-order valence-corrected chi connectivity index (χ1v) is 8.67. The number of nitrogens with two attached hydrogens (primary N) is 2. The summed E-state index contributed by atoms with van der Waals surface area (Å²) in [5, 5.41) is 0. The SMILES string of the molecule is NC=C(C=NC1CC(CCCN)C1)c1cccc(N2CCC2)n1. The number of pyridine rings is 1. The van der Waals surface area contributed by atoms with Crippen LogP contribution in [0.4, 0.5) is 5.82 Å². The van der Waals surface area contributed by atoms with Crippen molar-refractivity contribution in [3.63, 3.8) is 0 Å². The fourth-order valence-corrected chi connectivity index (χ4v) is 3.15. The number of hydrogen-bond acceptors (Lipinski definition) is 5. The maximum absolute atomic E-state index is 5.80. The molecule has 0 bridgehead atoms. The van der Waals surface area contributed by atoms with Crippen LogP contribution in [0.25, 0.3) is 5.57 Å². The zero-order chi connectivity index (χ0) is 16.1. The summed E-state index contributed by atoms with van der Waals surface area (Å²) in [6, 6.07) is 6.53. The van der Waals surface area contributed by atoms with Crippen LogP contribution in [0.3, 0.4) is 0 Å². The van der Waals surface area contributed by atoms with Gasteiger partial charge in [-0.1, -0.05) is 6.07 Å². The summed E-state index contributed by atoms with van der Waals surface area (Å²) in [4.78, 5) is 11.7. The second-order valence-electron chi connectivity index (χ2n) is 6.54. The molecule has 124 valence electrons. The van der Waals surface area contributed by atoms with Gasteiger partial charge in [-0.3, -0.25) is 4.99 Å². The van der Waals surface area contributed by atoms with Crippen molar-refractivity contribution < 1.29 is 0 Å². The van der Waals surface area contributed by atoms with Crippen LogP contribution < -0.4 is 16.4 Å². The molecular formula is C18H27N5. The van der Waals surface area contributed by atoms with Crippen molar-refractivity contribution in [2.45, 2.75) is 38.1 Å². The number of anilines is 1. The standard InChI is InChI=1S/C18H27N5/c19-7-2-4-14-10-16(11-14)21-13-15(12-20)17-5-1-6-18(22-17)23-8-3-9-23/h1,5-6,12-14,16H,2-4,7-11,19-20H2. The largest absolute Gasteiger partial charge is 0.404 e. The van der Waals surface area contributed by atoms with Gasteiger partial charge < -0.3 is 16.4 Å². The Balaban J connectivity index is 1.57. The molecule has 2 heterocycles. The summed E-state index contributed by atoms with van der Waals surface area (Å²) in [5.74, 6) is 1.84. The summed E-state index contributed by atoms with van der Waals surface area (Å²) >= 11 is 0. The number of nitrogens with zero attached hydrogens (tertiary/aromatic N) is 3. The smallest absolute Gasteiger partial charge is 0.129 e. The van der Waals surface area contributed by atoms with E-state index in [0.29, 0.717) is 6.04 Å².